The van der Waals surface area contributed by atoms with Crippen molar-refractivity contribution in [1.29, 1.82) is 0 Å². The average molecular weight is 270 g/mol. The number of aliphatic hydroxyl groups excluding tert-OH is 1. The largest absolute Gasteiger partial charge is 0.395 e. The van der Waals surface area contributed by atoms with Crippen LogP contribution in [0.3, 0.4) is 0 Å². The van der Waals surface area contributed by atoms with Gasteiger partial charge in [0, 0.05) is 18.7 Å². The molecule has 4 nitrogen and oxygen atoms in total. The van der Waals surface area contributed by atoms with E-state index < -0.39 is 11.6 Å². The molecule has 0 aromatic heterocycles. The van der Waals surface area contributed by atoms with Crippen molar-refractivity contribution < 1.29 is 18.7 Å². The Bertz CT molecular complexity index is 464. The quantitative estimate of drug-likeness (QED) is 0.820. The molecule has 1 amide bonds. The summed E-state index contributed by atoms with van der Waals surface area (Å²) in [7, 11) is 0. The first kappa shape index (κ1) is 13.9. The van der Waals surface area contributed by atoms with Gasteiger partial charge in [0.05, 0.1) is 18.8 Å². The number of carbonyl (C=O) groups excluding carboxylic acids is 1. The first-order chi connectivity index (χ1) is 9.10. The third kappa shape index (κ3) is 3.97. The predicted molar refractivity (Wildman–Crippen MR) is 66.7 cm³/mol. The zero-order chi connectivity index (χ0) is 13.8. The predicted octanol–water partition coefficient (Wildman–Crippen LogP) is 1.36. The molecule has 0 atom stereocenters. The second-order valence-electron chi connectivity index (χ2n) is 4.60. The molecule has 1 aliphatic rings. The summed E-state index contributed by atoms with van der Waals surface area (Å²) < 4.78 is 26.1. The van der Waals surface area contributed by atoms with E-state index in [1.165, 1.54) is 6.07 Å². The van der Waals surface area contributed by atoms with Gasteiger partial charge >= 0.3 is 0 Å². The van der Waals surface area contributed by atoms with Crippen LogP contribution in [0, 0.1) is 11.6 Å². The van der Waals surface area contributed by atoms with Gasteiger partial charge in [-0.05, 0) is 25.0 Å². The lowest BCUT2D eigenvalue weighted by Crippen LogP contribution is -2.36. The highest BCUT2D eigenvalue weighted by atomic mass is 19.1. The molecule has 0 saturated heterocycles. The van der Waals surface area contributed by atoms with Crippen LogP contribution >= 0.6 is 0 Å². The van der Waals surface area contributed by atoms with Crippen molar-refractivity contribution in [2.75, 3.05) is 25.0 Å². The van der Waals surface area contributed by atoms with Crippen LogP contribution in [0.15, 0.2) is 18.2 Å². The highest BCUT2D eigenvalue weighted by Crippen LogP contribution is 2.26. The highest BCUT2D eigenvalue weighted by Gasteiger charge is 2.29. The molecular weight excluding hydrogens is 254 g/mol. The van der Waals surface area contributed by atoms with Gasteiger partial charge in [0.25, 0.3) is 0 Å². The van der Waals surface area contributed by atoms with E-state index >= 15 is 0 Å². The number of halogens is 2. The molecule has 19 heavy (non-hydrogen) atoms. The first-order valence-corrected chi connectivity index (χ1v) is 6.20. The average Bonchev–Trinajstić information content (AvgIpc) is 3.16. The van der Waals surface area contributed by atoms with E-state index in [0.717, 1.165) is 25.0 Å². The maximum absolute atomic E-state index is 13.4. The Morgan fingerprint density at radius 3 is 2.74 bits per heavy atom. The molecule has 0 unspecified atom stereocenters. The summed E-state index contributed by atoms with van der Waals surface area (Å²) in [6.07, 6.45) is 2.02. The molecule has 0 spiro atoms. The van der Waals surface area contributed by atoms with Crippen molar-refractivity contribution in [3.8, 4) is 0 Å². The van der Waals surface area contributed by atoms with Gasteiger partial charge in [-0.2, -0.15) is 0 Å². The third-order valence-electron chi connectivity index (χ3n) is 3.00. The van der Waals surface area contributed by atoms with Crippen LogP contribution in [0.5, 0.6) is 0 Å². The number of benzene rings is 1. The van der Waals surface area contributed by atoms with Gasteiger partial charge < -0.3 is 10.4 Å². The van der Waals surface area contributed by atoms with E-state index in [0.29, 0.717) is 12.6 Å². The number of amides is 1. The van der Waals surface area contributed by atoms with Crippen LogP contribution in [0.4, 0.5) is 14.5 Å². The minimum Gasteiger partial charge on any atom is -0.395 e. The molecule has 0 aliphatic heterocycles. The number of carbonyl (C=O) groups is 1. The van der Waals surface area contributed by atoms with E-state index in [4.69, 9.17) is 5.11 Å². The molecule has 0 heterocycles. The lowest BCUT2D eigenvalue weighted by molar-refractivity contribution is -0.117. The number of anilines is 1. The Morgan fingerprint density at radius 2 is 2.16 bits per heavy atom. The smallest absolute Gasteiger partial charge is 0.238 e. The molecule has 1 saturated carbocycles. The van der Waals surface area contributed by atoms with Gasteiger partial charge in [0.2, 0.25) is 5.91 Å². The number of hydrogen-bond donors (Lipinski definition) is 2. The van der Waals surface area contributed by atoms with E-state index in [2.05, 4.69) is 5.32 Å². The van der Waals surface area contributed by atoms with E-state index in [-0.39, 0.29) is 24.7 Å². The van der Waals surface area contributed by atoms with Crippen molar-refractivity contribution in [2.45, 2.75) is 18.9 Å². The summed E-state index contributed by atoms with van der Waals surface area (Å²) in [4.78, 5) is 13.6. The minimum atomic E-state index is -0.798. The molecule has 2 N–H and O–H groups in total. The van der Waals surface area contributed by atoms with Gasteiger partial charge in [-0.3, -0.25) is 9.69 Å². The Kier molecular flexibility index (Phi) is 4.44. The summed E-state index contributed by atoms with van der Waals surface area (Å²) in [5, 5.41) is 11.3. The molecule has 0 radical (unpaired) electrons. The second-order valence-corrected chi connectivity index (χ2v) is 4.60. The molecule has 104 valence electrons. The van der Waals surface area contributed by atoms with Crippen LogP contribution < -0.4 is 5.32 Å². The fraction of sp³-hybridized carbons (Fsp3) is 0.462. The molecule has 1 aromatic carbocycles. The van der Waals surface area contributed by atoms with Crippen molar-refractivity contribution in [3.05, 3.63) is 29.8 Å². The maximum Gasteiger partial charge on any atom is 0.238 e. The summed E-state index contributed by atoms with van der Waals surface area (Å²) in [5.74, 6) is -1.85. The summed E-state index contributed by atoms with van der Waals surface area (Å²) in [6, 6.07) is 3.33. The number of nitrogens with one attached hydrogen (secondary N) is 1. The lowest BCUT2D eigenvalue weighted by Gasteiger charge is -2.20. The lowest BCUT2D eigenvalue weighted by atomic mass is 10.3. The highest BCUT2D eigenvalue weighted by molar-refractivity contribution is 5.92. The number of hydrogen-bond acceptors (Lipinski definition) is 3. The summed E-state index contributed by atoms with van der Waals surface area (Å²) in [5.41, 5.74) is -0.0360. The fourth-order valence-electron chi connectivity index (χ4n) is 1.92. The van der Waals surface area contributed by atoms with Crippen LogP contribution in [0.25, 0.3) is 0 Å². The van der Waals surface area contributed by atoms with Gasteiger partial charge in [-0.1, -0.05) is 0 Å². The topological polar surface area (TPSA) is 52.6 Å². The van der Waals surface area contributed by atoms with E-state index in [1.54, 1.807) is 0 Å². The molecule has 2 rings (SSSR count). The van der Waals surface area contributed by atoms with Crippen LogP contribution in [-0.4, -0.2) is 41.7 Å². The minimum absolute atomic E-state index is 0.0192. The Hall–Kier alpha value is -1.53. The Labute approximate surface area is 110 Å². The van der Waals surface area contributed by atoms with Crippen molar-refractivity contribution in [3.63, 3.8) is 0 Å². The second kappa shape index (κ2) is 6.08. The molecular formula is C13H16F2N2O2. The number of rotatable bonds is 6. The molecule has 1 fully saturated rings. The summed E-state index contributed by atoms with van der Waals surface area (Å²) >= 11 is 0. The molecule has 1 aromatic rings. The standard InChI is InChI=1S/C13H16F2N2O2/c14-9-1-4-12(11(15)7-9)16-13(19)8-17(5-6-18)10-2-3-10/h1,4,7,10,18H,2-3,5-6,8H2,(H,16,19). The SMILES string of the molecule is O=C(CN(CCO)C1CC1)Nc1ccc(F)cc1F. The normalized spacial score (nSPS) is 14.7. The number of aliphatic hydroxyl groups is 1. The Balaban J connectivity index is 1.92. The fourth-order valence-corrected chi connectivity index (χ4v) is 1.92. The van der Waals surface area contributed by atoms with Gasteiger partial charge in [-0.15, -0.1) is 0 Å². The van der Waals surface area contributed by atoms with Gasteiger partial charge in [0.1, 0.15) is 11.6 Å². The number of nitrogens with zero attached hydrogens (tertiary/aromatic N) is 1. The zero-order valence-electron chi connectivity index (χ0n) is 10.4. The first-order valence-electron chi connectivity index (χ1n) is 6.20. The van der Waals surface area contributed by atoms with Crippen LogP contribution in [0.1, 0.15) is 12.8 Å². The molecule has 0 bridgehead atoms. The van der Waals surface area contributed by atoms with E-state index in [9.17, 15) is 13.6 Å². The third-order valence-corrected chi connectivity index (χ3v) is 3.00. The maximum atomic E-state index is 13.4. The Morgan fingerprint density at radius 1 is 1.42 bits per heavy atom. The molecule has 1 aliphatic carbocycles. The van der Waals surface area contributed by atoms with Crippen molar-refractivity contribution >= 4 is 11.6 Å². The van der Waals surface area contributed by atoms with Gasteiger partial charge in [0.15, 0.2) is 0 Å². The monoisotopic (exact) mass is 270 g/mol. The summed E-state index contributed by atoms with van der Waals surface area (Å²) in [6.45, 7) is 0.501. The van der Waals surface area contributed by atoms with E-state index in [1.807, 2.05) is 4.90 Å². The zero-order valence-corrected chi connectivity index (χ0v) is 10.4. The van der Waals surface area contributed by atoms with Crippen LogP contribution in [0.2, 0.25) is 0 Å². The van der Waals surface area contributed by atoms with Crippen molar-refractivity contribution in [2.24, 2.45) is 0 Å². The molecule has 6 heteroatoms. The van der Waals surface area contributed by atoms with Gasteiger partial charge in [-0.25, -0.2) is 8.78 Å². The van der Waals surface area contributed by atoms with Crippen LogP contribution in [-0.2, 0) is 4.79 Å². The van der Waals surface area contributed by atoms with Crippen molar-refractivity contribution in [1.82, 2.24) is 4.90 Å².